The Hall–Kier alpha value is -2.09. The van der Waals surface area contributed by atoms with Crippen molar-refractivity contribution in [1.29, 1.82) is 0 Å². The Kier molecular flexibility index (Phi) is 6.55. The molecule has 0 atom stereocenters. The molecule has 0 bridgehead atoms. The topological polar surface area (TPSA) is 60.9 Å². The van der Waals surface area contributed by atoms with Crippen LogP contribution in [0, 0.1) is 6.92 Å². The summed E-state index contributed by atoms with van der Waals surface area (Å²) in [4.78, 5) is 17.2. The summed E-state index contributed by atoms with van der Waals surface area (Å²) >= 11 is 6.09. The second kappa shape index (κ2) is 9.18. The van der Waals surface area contributed by atoms with Crippen LogP contribution in [0.2, 0.25) is 5.02 Å². The van der Waals surface area contributed by atoms with E-state index < -0.39 is 10.0 Å². The zero-order chi connectivity index (χ0) is 22.0. The molecule has 2 aliphatic heterocycles. The average molecular weight is 462 g/mol. The smallest absolute Gasteiger partial charge is 0.254 e. The highest BCUT2D eigenvalue weighted by molar-refractivity contribution is 7.89. The third kappa shape index (κ3) is 4.73. The van der Waals surface area contributed by atoms with Gasteiger partial charge in [-0.2, -0.15) is 4.31 Å². The Morgan fingerprint density at radius 2 is 1.61 bits per heavy atom. The van der Waals surface area contributed by atoms with Gasteiger partial charge in [-0.05, 0) is 62.1 Å². The van der Waals surface area contributed by atoms with Crippen LogP contribution < -0.4 is 4.90 Å². The normalized spacial score (nSPS) is 18.3. The van der Waals surface area contributed by atoms with Gasteiger partial charge in [-0.3, -0.25) is 4.79 Å². The van der Waals surface area contributed by atoms with Crippen molar-refractivity contribution >= 4 is 33.2 Å². The molecule has 31 heavy (non-hydrogen) atoms. The Bertz CT molecular complexity index is 1060. The SMILES string of the molecule is Cc1ccc(S(=O)(=O)N2CCN(c3cccc(Cl)c3)CC2)cc1C(=O)N1CCCCC1. The molecule has 0 spiro atoms. The van der Waals surface area contributed by atoms with Gasteiger partial charge in [-0.25, -0.2) is 8.42 Å². The fraction of sp³-hybridized carbons (Fsp3) is 0.435. The van der Waals surface area contributed by atoms with Crippen LogP contribution in [0.15, 0.2) is 47.4 Å². The predicted molar refractivity (Wildman–Crippen MR) is 123 cm³/mol. The summed E-state index contributed by atoms with van der Waals surface area (Å²) in [6.07, 6.45) is 3.14. The molecule has 2 aliphatic rings. The molecule has 0 aromatic heterocycles. The van der Waals surface area contributed by atoms with Crippen molar-refractivity contribution < 1.29 is 13.2 Å². The van der Waals surface area contributed by atoms with Gasteiger partial charge in [0, 0.05) is 55.5 Å². The van der Waals surface area contributed by atoms with Crippen LogP contribution in [0.4, 0.5) is 5.69 Å². The van der Waals surface area contributed by atoms with E-state index in [9.17, 15) is 13.2 Å². The third-order valence-electron chi connectivity index (χ3n) is 6.13. The second-order valence-corrected chi connectivity index (χ2v) is 10.6. The number of rotatable bonds is 4. The van der Waals surface area contributed by atoms with Gasteiger partial charge < -0.3 is 9.80 Å². The molecule has 2 heterocycles. The summed E-state index contributed by atoms with van der Waals surface area (Å²) in [6.45, 7) is 5.28. The molecular weight excluding hydrogens is 434 g/mol. The number of likely N-dealkylation sites (tertiary alicyclic amines) is 1. The van der Waals surface area contributed by atoms with Crippen LogP contribution in [0.5, 0.6) is 0 Å². The van der Waals surface area contributed by atoms with Gasteiger partial charge in [0.2, 0.25) is 10.0 Å². The first-order valence-electron chi connectivity index (χ1n) is 10.8. The van der Waals surface area contributed by atoms with Crippen molar-refractivity contribution in [2.75, 3.05) is 44.2 Å². The number of nitrogens with zero attached hydrogens (tertiary/aromatic N) is 3. The molecule has 1 amide bonds. The van der Waals surface area contributed by atoms with Crippen LogP contribution in [0.25, 0.3) is 0 Å². The van der Waals surface area contributed by atoms with Crippen LogP contribution in [0.3, 0.4) is 0 Å². The molecule has 4 rings (SSSR count). The first-order valence-corrected chi connectivity index (χ1v) is 12.6. The first-order chi connectivity index (χ1) is 14.9. The van der Waals surface area contributed by atoms with E-state index in [1.165, 1.54) is 4.31 Å². The predicted octanol–water partition coefficient (Wildman–Crippen LogP) is 3.79. The maximum Gasteiger partial charge on any atom is 0.254 e. The third-order valence-corrected chi connectivity index (χ3v) is 8.26. The molecular formula is C23H28ClN3O3S. The number of piperazine rings is 1. The number of halogens is 1. The maximum atomic E-state index is 13.3. The van der Waals surface area contributed by atoms with Gasteiger partial charge >= 0.3 is 0 Å². The van der Waals surface area contributed by atoms with Crippen LogP contribution in [-0.2, 0) is 10.0 Å². The average Bonchev–Trinajstić information content (AvgIpc) is 2.79. The van der Waals surface area contributed by atoms with E-state index in [-0.39, 0.29) is 10.8 Å². The fourth-order valence-corrected chi connectivity index (χ4v) is 5.90. The monoisotopic (exact) mass is 461 g/mol. The zero-order valence-electron chi connectivity index (χ0n) is 17.8. The van der Waals surface area contributed by atoms with Crippen LogP contribution in [0.1, 0.15) is 35.2 Å². The van der Waals surface area contributed by atoms with Crippen molar-refractivity contribution in [2.24, 2.45) is 0 Å². The minimum Gasteiger partial charge on any atom is -0.369 e. The molecule has 2 fully saturated rings. The standard InChI is InChI=1S/C23H28ClN3O3S/c1-18-8-9-21(17-22(18)23(28)26-10-3-2-4-11-26)31(29,30)27-14-12-25(13-15-27)20-7-5-6-19(24)16-20/h5-9,16-17H,2-4,10-15H2,1H3. The largest absolute Gasteiger partial charge is 0.369 e. The van der Waals surface area contributed by atoms with E-state index >= 15 is 0 Å². The fourth-order valence-electron chi connectivity index (χ4n) is 4.27. The number of piperidine rings is 1. The van der Waals surface area contributed by atoms with Gasteiger partial charge in [0.05, 0.1) is 4.90 Å². The lowest BCUT2D eigenvalue weighted by atomic mass is 10.1. The molecule has 166 valence electrons. The van der Waals surface area contributed by atoms with E-state index in [0.29, 0.717) is 36.8 Å². The van der Waals surface area contributed by atoms with Gasteiger partial charge in [0.25, 0.3) is 5.91 Å². The molecule has 0 N–H and O–H groups in total. The molecule has 6 nitrogen and oxygen atoms in total. The Morgan fingerprint density at radius 1 is 0.903 bits per heavy atom. The number of aryl methyl sites for hydroxylation is 1. The summed E-state index contributed by atoms with van der Waals surface area (Å²) in [5.41, 5.74) is 2.29. The number of hydrogen-bond acceptors (Lipinski definition) is 4. The highest BCUT2D eigenvalue weighted by Gasteiger charge is 2.30. The van der Waals surface area contributed by atoms with E-state index in [1.807, 2.05) is 36.1 Å². The van der Waals surface area contributed by atoms with E-state index in [1.54, 1.807) is 18.2 Å². The lowest BCUT2D eigenvalue weighted by Crippen LogP contribution is -2.48. The van der Waals surface area contributed by atoms with E-state index in [4.69, 9.17) is 11.6 Å². The highest BCUT2D eigenvalue weighted by atomic mass is 35.5. The van der Waals surface area contributed by atoms with Gasteiger partial charge in [0.15, 0.2) is 0 Å². The van der Waals surface area contributed by atoms with Gasteiger partial charge in [-0.1, -0.05) is 23.7 Å². The molecule has 2 aromatic carbocycles. The number of anilines is 1. The lowest BCUT2D eigenvalue weighted by molar-refractivity contribution is 0.0723. The van der Waals surface area contributed by atoms with Crippen molar-refractivity contribution in [1.82, 2.24) is 9.21 Å². The molecule has 2 saturated heterocycles. The number of benzene rings is 2. The molecule has 8 heteroatoms. The summed E-state index contributed by atoms with van der Waals surface area (Å²) in [5.74, 6) is -0.0694. The molecule has 0 unspecified atom stereocenters. The highest BCUT2D eigenvalue weighted by Crippen LogP contribution is 2.25. The van der Waals surface area contributed by atoms with Crippen molar-refractivity contribution in [3.8, 4) is 0 Å². The summed E-state index contributed by atoms with van der Waals surface area (Å²) in [6, 6.07) is 12.5. The summed E-state index contributed by atoms with van der Waals surface area (Å²) in [7, 11) is -3.67. The first kappa shape index (κ1) is 22.1. The number of carbonyl (C=O) groups excluding carboxylic acids is 1. The zero-order valence-corrected chi connectivity index (χ0v) is 19.3. The Balaban J connectivity index is 1.50. The molecule has 0 radical (unpaired) electrons. The van der Waals surface area contributed by atoms with Gasteiger partial charge in [-0.15, -0.1) is 0 Å². The molecule has 0 saturated carbocycles. The Morgan fingerprint density at radius 3 is 2.29 bits per heavy atom. The Labute approximate surface area is 189 Å². The summed E-state index contributed by atoms with van der Waals surface area (Å²) in [5, 5.41) is 0.665. The number of sulfonamides is 1. The van der Waals surface area contributed by atoms with Gasteiger partial charge in [0.1, 0.15) is 0 Å². The molecule has 2 aromatic rings. The van der Waals surface area contributed by atoms with Crippen molar-refractivity contribution in [3.63, 3.8) is 0 Å². The lowest BCUT2D eigenvalue weighted by Gasteiger charge is -2.35. The number of carbonyl (C=O) groups is 1. The van der Waals surface area contributed by atoms with Crippen molar-refractivity contribution in [3.05, 3.63) is 58.6 Å². The quantitative estimate of drug-likeness (QED) is 0.695. The van der Waals surface area contributed by atoms with Crippen LogP contribution >= 0.6 is 11.6 Å². The minimum atomic E-state index is -3.67. The number of hydrogen-bond donors (Lipinski definition) is 0. The maximum absolute atomic E-state index is 13.3. The van der Waals surface area contributed by atoms with E-state index in [2.05, 4.69) is 4.90 Å². The van der Waals surface area contributed by atoms with Crippen molar-refractivity contribution in [2.45, 2.75) is 31.1 Å². The minimum absolute atomic E-state index is 0.0694. The number of amides is 1. The van der Waals surface area contributed by atoms with E-state index in [0.717, 1.165) is 43.6 Å². The second-order valence-electron chi connectivity index (χ2n) is 8.20. The summed E-state index contributed by atoms with van der Waals surface area (Å²) < 4.78 is 28.1. The molecule has 0 aliphatic carbocycles. The van der Waals surface area contributed by atoms with Crippen LogP contribution in [-0.4, -0.2) is 62.8 Å².